The number of carbonyl (C=O) groups excluding carboxylic acids is 1. The van der Waals surface area contributed by atoms with E-state index in [2.05, 4.69) is 35.3 Å². The maximum Gasteiger partial charge on any atom is 0.343 e. The molecule has 2 fully saturated rings. The van der Waals surface area contributed by atoms with Crippen molar-refractivity contribution in [3.8, 4) is 11.1 Å². The van der Waals surface area contributed by atoms with Crippen molar-refractivity contribution >= 4 is 22.4 Å². The zero-order chi connectivity index (χ0) is 21.3. The number of ether oxygens (including phenoxy) is 1. The van der Waals surface area contributed by atoms with Crippen molar-refractivity contribution in [1.29, 1.82) is 0 Å². The average molecular weight is 413 g/mol. The van der Waals surface area contributed by atoms with Crippen molar-refractivity contribution in [2.24, 2.45) is 0 Å². The minimum atomic E-state index is -0.582. The Balaban J connectivity index is 1.59. The molecule has 6 rings (SSSR count). The Labute approximate surface area is 178 Å². The van der Waals surface area contributed by atoms with Gasteiger partial charge >= 0.3 is 5.97 Å². The second-order valence-corrected chi connectivity index (χ2v) is 8.80. The van der Waals surface area contributed by atoms with E-state index in [4.69, 9.17) is 4.74 Å². The minimum Gasteiger partial charge on any atom is -0.465 e. The number of aromatic nitrogens is 3. The molecule has 0 saturated heterocycles. The molecule has 1 N–H and O–H groups in total. The number of rotatable bonds is 4. The van der Waals surface area contributed by atoms with Crippen LogP contribution in [0.2, 0.25) is 0 Å². The highest BCUT2D eigenvalue weighted by Gasteiger charge is 2.30. The number of carbonyl (C=O) groups is 1. The fourth-order valence-electron chi connectivity index (χ4n) is 4.75. The summed E-state index contributed by atoms with van der Waals surface area (Å²) < 4.78 is 6.47. The number of nitrogens with zero attached hydrogens (tertiary/aromatic N) is 2. The lowest BCUT2D eigenvalue weighted by molar-refractivity contribution is 0.0598. The van der Waals surface area contributed by atoms with E-state index in [0.717, 1.165) is 46.1 Å². The number of methoxy groups -OCH3 is 1. The lowest BCUT2D eigenvalue weighted by Crippen LogP contribution is -2.24. The second kappa shape index (κ2) is 6.54. The molecule has 0 unspecified atom stereocenters. The van der Waals surface area contributed by atoms with E-state index >= 15 is 0 Å². The number of hydrogen-bond donors (Lipinski definition) is 1. The van der Waals surface area contributed by atoms with Gasteiger partial charge in [-0.25, -0.2) is 4.79 Å². The SMILES string of the molecule is COC(=O)c1cc(C2CC2)c2c(C)c(-c3ccc4n[nH]c(C5CC5)c4c3)ccn2c1=O. The highest BCUT2D eigenvalue weighted by Crippen LogP contribution is 2.45. The third-order valence-electron chi connectivity index (χ3n) is 6.72. The van der Waals surface area contributed by atoms with E-state index in [-0.39, 0.29) is 11.1 Å². The van der Waals surface area contributed by atoms with Gasteiger partial charge in [0.2, 0.25) is 0 Å². The van der Waals surface area contributed by atoms with Crippen molar-refractivity contribution in [2.75, 3.05) is 7.11 Å². The predicted molar refractivity (Wildman–Crippen MR) is 119 cm³/mol. The number of benzene rings is 1. The summed E-state index contributed by atoms with van der Waals surface area (Å²) in [7, 11) is 1.31. The standard InChI is InChI=1S/C25H23N3O3/c1-13-17(16-7-8-21-19(11-16)22(27-26-21)15-5-6-15)9-10-28-23(13)18(14-3-4-14)12-20(24(28)29)25(30)31-2/h7-12,14-15H,3-6H2,1-2H3,(H,26,27). The summed E-state index contributed by atoms with van der Waals surface area (Å²) in [6.07, 6.45) is 6.37. The summed E-state index contributed by atoms with van der Waals surface area (Å²) >= 11 is 0. The van der Waals surface area contributed by atoms with Crippen LogP contribution in [0.5, 0.6) is 0 Å². The number of hydrogen-bond acceptors (Lipinski definition) is 4. The number of fused-ring (bicyclic) bond motifs is 2. The smallest absolute Gasteiger partial charge is 0.343 e. The van der Waals surface area contributed by atoms with E-state index in [1.54, 1.807) is 16.7 Å². The molecule has 0 radical (unpaired) electrons. The lowest BCUT2D eigenvalue weighted by Gasteiger charge is -2.16. The fourth-order valence-corrected chi connectivity index (χ4v) is 4.75. The summed E-state index contributed by atoms with van der Waals surface area (Å²) in [6.45, 7) is 2.06. The van der Waals surface area contributed by atoms with Crippen LogP contribution in [0.15, 0.2) is 41.3 Å². The maximum absolute atomic E-state index is 13.0. The van der Waals surface area contributed by atoms with Gasteiger partial charge in [0.25, 0.3) is 5.56 Å². The van der Waals surface area contributed by atoms with Gasteiger partial charge in [-0.15, -0.1) is 0 Å². The summed E-state index contributed by atoms with van der Waals surface area (Å²) in [5, 5.41) is 8.87. The van der Waals surface area contributed by atoms with E-state index < -0.39 is 5.97 Å². The zero-order valence-electron chi connectivity index (χ0n) is 17.6. The van der Waals surface area contributed by atoms with Crippen LogP contribution in [0.25, 0.3) is 27.5 Å². The molecule has 4 aromatic rings. The summed E-state index contributed by atoms with van der Waals surface area (Å²) in [6, 6.07) is 10.1. The molecule has 0 bridgehead atoms. The molecule has 31 heavy (non-hydrogen) atoms. The van der Waals surface area contributed by atoms with E-state index in [9.17, 15) is 9.59 Å². The van der Waals surface area contributed by atoms with Crippen molar-refractivity contribution in [2.45, 2.75) is 44.4 Å². The van der Waals surface area contributed by atoms with Gasteiger partial charge in [-0.3, -0.25) is 14.3 Å². The van der Waals surface area contributed by atoms with Gasteiger partial charge in [-0.2, -0.15) is 5.10 Å². The Morgan fingerprint density at radius 3 is 2.61 bits per heavy atom. The summed E-state index contributed by atoms with van der Waals surface area (Å²) in [5.74, 6) is 0.390. The largest absolute Gasteiger partial charge is 0.465 e. The molecule has 2 saturated carbocycles. The first-order valence-electron chi connectivity index (χ1n) is 10.8. The second-order valence-electron chi connectivity index (χ2n) is 8.80. The average Bonchev–Trinajstić information content (AvgIpc) is 3.72. The van der Waals surface area contributed by atoms with Gasteiger partial charge < -0.3 is 4.74 Å². The van der Waals surface area contributed by atoms with Gasteiger partial charge in [0.1, 0.15) is 5.56 Å². The van der Waals surface area contributed by atoms with Crippen LogP contribution in [0.4, 0.5) is 0 Å². The predicted octanol–water partition coefficient (Wildman–Crippen LogP) is 4.69. The molecule has 1 aromatic carbocycles. The van der Waals surface area contributed by atoms with Crippen LogP contribution < -0.4 is 5.56 Å². The molecular formula is C25H23N3O3. The fraction of sp³-hybridized carbons (Fsp3) is 0.320. The molecular weight excluding hydrogens is 390 g/mol. The molecule has 2 aliphatic rings. The number of aryl methyl sites for hydroxylation is 1. The third-order valence-corrected chi connectivity index (χ3v) is 6.72. The van der Waals surface area contributed by atoms with Gasteiger partial charge in [-0.05, 0) is 85.0 Å². The number of esters is 1. The van der Waals surface area contributed by atoms with Crippen LogP contribution in [-0.2, 0) is 4.74 Å². The molecule has 2 aliphatic carbocycles. The van der Waals surface area contributed by atoms with Crippen molar-refractivity contribution in [1.82, 2.24) is 14.6 Å². The monoisotopic (exact) mass is 413 g/mol. The van der Waals surface area contributed by atoms with Crippen LogP contribution in [-0.4, -0.2) is 27.7 Å². The molecule has 156 valence electrons. The maximum atomic E-state index is 13.0. The minimum absolute atomic E-state index is 0.0999. The van der Waals surface area contributed by atoms with Gasteiger partial charge in [0.15, 0.2) is 0 Å². The van der Waals surface area contributed by atoms with E-state index in [1.165, 1.54) is 31.0 Å². The molecule has 0 amide bonds. The molecule has 3 heterocycles. The quantitative estimate of drug-likeness (QED) is 0.492. The Morgan fingerprint density at radius 1 is 1.13 bits per heavy atom. The summed E-state index contributed by atoms with van der Waals surface area (Å²) in [4.78, 5) is 25.2. The van der Waals surface area contributed by atoms with Crippen molar-refractivity contribution in [3.63, 3.8) is 0 Å². The molecule has 3 aromatic heterocycles. The number of H-pyrrole nitrogens is 1. The number of aromatic amines is 1. The Morgan fingerprint density at radius 2 is 1.90 bits per heavy atom. The first-order valence-corrected chi connectivity index (χ1v) is 10.8. The van der Waals surface area contributed by atoms with Gasteiger partial charge in [0.05, 0.1) is 18.1 Å². The zero-order valence-corrected chi connectivity index (χ0v) is 17.6. The van der Waals surface area contributed by atoms with Crippen molar-refractivity contribution < 1.29 is 9.53 Å². The van der Waals surface area contributed by atoms with Crippen molar-refractivity contribution in [3.05, 3.63) is 69.3 Å². The van der Waals surface area contributed by atoms with Crippen LogP contribution in [0, 0.1) is 6.92 Å². The molecule has 0 aliphatic heterocycles. The number of nitrogens with one attached hydrogen (secondary N) is 1. The van der Waals surface area contributed by atoms with Crippen LogP contribution in [0.3, 0.4) is 0 Å². The molecule has 0 spiro atoms. The topological polar surface area (TPSA) is 76.5 Å². The molecule has 0 atom stereocenters. The Bertz CT molecular complexity index is 1440. The van der Waals surface area contributed by atoms with Gasteiger partial charge in [-0.1, -0.05) is 6.07 Å². The first-order chi connectivity index (χ1) is 15.1. The van der Waals surface area contributed by atoms with Gasteiger partial charge in [0, 0.05) is 23.2 Å². The van der Waals surface area contributed by atoms with Crippen LogP contribution in [0.1, 0.15) is 64.7 Å². The normalized spacial score (nSPS) is 16.2. The first kappa shape index (κ1) is 18.4. The van der Waals surface area contributed by atoms with E-state index in [1.807, 2.05) is 6.07 Å². The van der Waals surface area contributed by atoms with E-state index in [0.29, 0.717) is 11.8 Å². The van der Waals surface area contributed by atoms with Crippen LogP contribution >= 0.6 is 0 Å². The Hall–Kier alpha value is -3.41. The molecule has 6 nitrogen and oxygen atoms in total. The highest BCUT2D eigenvalue weighted by molar-refractivity contribution is 5.92. The highest BCUT2D eigenvalue weighted by atomic mass is 16.5. The lowest BCUT2D eigenvalue weighted by atomic mass is 9.95. The number of pyridine rings is 2. The molecule has 6 heteroatoms. The summed E-state index contributed by atoms with van der Waals surface area (Å²) in [5.41, 5.74) is 7.21. The Kier molecular flexibility index (Phi) is 3.88. The third kappa shape index (κ3) is 2.81.